The molecule has 0 aliphatic carbocycles. The van der Waals surface area contributed by atoms with Gasteiger partial charge in [-0.2, -0.15) is 5.10 Å². The van der Waals surface area contributed by atoms with Crippen molar-refractivity contribution in [1.29, 1.82) is 0 Å². The fraction of sp³-hybridized carbons (Fsp3) is 0.786. The number of aryl methyl sites for hydroxylation is 1. The van der Waals surface area contributed by atoms with E-state index >= 15 is 0 Å². The summed E-state index contributed by atoms with van der Waals surface area (Å²) in [5, 5.41) is 4.35. The Labute approximate surface area is 111 Å². The third-order valence-electron chi connectivity index (χ3n) is 4.08. The molecule has 1 fully saturated rings. The molecule has 1 saturated heterocycles. The van der Waals surface area contributed by atoms with Crippen molar-refractivity contribution in [3.05, 3.63) is 18.0 Å². The lowest BCUT2D eigenvalue weighted by atomic mass is 10.1. The van der Waals surface area contributed by atoms with Gasteiger partial charge in [0, 0.05) is 24.5 Å². The van der Waals surface area contributed by atoms with Crippen LogP contribution in [0.15, 0.2) is 12.3 Å². The Hall–Kier alpha value is -0.870. The summed E-state index contributed by atoms with van der Waals surface area (Å²) in [7, 11) is 4.40. The van der Waals surface area contributed by atoms with E-state index < -0.39 is 0 Å². The fourth-order valence-corrected chi connectivity index (χ4v) is 2.75. The fourth-order valence-electron chi connectivity index (χ4n) is 2.75. The maximum atomic E-state index is 4.35. The molecule has 0 aromatic carbocycles. The third kappa shape index (κ3) is 3.56. The van der Waals surface area contributed by atoms with Crippen LogP contribution in [-0.4, -0.2) is 59.4 Å². The molecular weight excluding hydrogens is 224 g/mol. The highest BCUT2D eigenvalue weighted by Crippen LogP contribution is 2.14. The zero-order chi connectivity index (χ0) is 13.0. The smallest absolute Gasteiger partial charge is 0.0539 e. The van der Waals surface area contributed by atoms with Crippen LogP contribution in [-0.2, 0) is 6.54 Å². The molecule has 4 nitrogen and oxygen atoms in total. The first-order valence-electron chi connectivity index (χ1n) is 7.04. The number of hydrogen-bond donors (Lipinski definition) is 0. The van der Waals surface area contributed by atoms with Gasteiger partial charge < -0.3 is 9.80 Å². The van der Waals surface area contributed by atoms with Crippen molar-refractivity contribution in [2.24, 2.45) is 0 Å². The maximum Gasteiger partial charge on any atom is 0.0539 e. The summed E-state index contributed by atoms with van der Waals surface area (Å²) in [5.41, 5.74) is 1.26. The highest BCUT2D eigenvalue weighted by Gasteiger charge is 2.18. The second-order valence-electron chi connectivity index (χ2n) is 5.59. The summed E-state index contributed by atoms with van der Waals surface area (Å²) in [5.74, 6) is 0. The first-order valence-corrected chi connectivity index (χ1v) is 7.04. The standard InChI is InChI=1S/C14H26N4/c1-13-6-8-15-18(13)12-11-17-9-4-5-14(7-10-17)16(2)3/h6,8,14H,4-5,7,9-12H2,1-3H3/t14-/m1/s1. The van der Waals surface area contributed by atoms with Gasteiger partial charge in [0.25, 0.3) is 0 Å². The second kappa shape index (κ2) is 6.34. The summed E-state index contributed by atoms with van der Waals surface area (Å²) in [4.78, 5) is 4.96. The van der Waals surface area contributed by atoms with E-state index in [2.05, 4.69) is 46.7 Å². The zero-order valence-electron chi connectivity index (χ0n) is 12.0. The van der Waals surface area contributed by atoms with Gasteiger partial charge >= 0.3 is 0 Å². The summed E-state index contributed by atoms with van der Waals surface area (Å²) in [6.45, 7) is 6.74. The van der Waals surface area contributed by atoms with E-state index in [1.165, 1.54) is 38.0 Å². The van der Waals surface area contributed by atoms with Crippen molar-refractivity contribution in [2.75, 3.05) is 33.7 Å². The van der Waals surface area contributed by atoms with E-state index in [1.54, 1.807) is 0 Å². The van der Waals surface area contributed by atoms with E-state index in [-0.39, 0.29) is 0 Å². The minimum absolute atomic E-state index is 0.765. The molecule has 1 aromatic heterocycles. The quantitative estimate of drug-likeness (QED) is 0.811. The maximum absolute atomic E-state index is 4.35. The van der Waals surface area contributed by atoms with Crippen LogP contribution < -0.4 is 0 Å². The number of likely N-dealkylation sites (tertiary alicyclic amines) is 1. The van der Waals surface area contributed by atoms with E-state index in [1.807, 2.05) is 6.20 Å². The molecule has 1 aromatic rings. The second-order valence-corrected chi connectivity index (χ2v) is 5.59. The van der Waals surface area contributed by atoms with Crippen LogP contribution in [0.25, 0.3) is 0 Å². The van der Waals surface area contributed by atoms with Gasteiger partial charge in [-0.25, -0.2) is 0 Å². The SMILES string of the molecule is Cc1ccnn1CCN1CCC[C@@H](N(C)C)CC1. The van der Waals surface area contributed by atoms with Gasteiger partial charge in [-0.05, 0) is 59.4 Å². The molecule has 0 radical (unpaired) electrons. The Kier molecular flexibility index (Phi) is 4.78. The minimum atomic E-state index is 0.765. The van der Waals surface area contributed by atoms with Crippen LogP contribution in [0.2, 0.25) is 0 Å². The van der Waals surface area contributed by atoms with Gasteiger partial charge in [0.05, 0.1) is 6.54 Å². The molecule has 1 aliphatic heterocycles. The molecule has 18 heavy (non-hydrogen) atoms. The highest BCUT2D eigenvalue weighted by atomic mass is 15.3. The van der Waals surface area contributed by atoms with E-state index in [9.17, 15) is 0 Å². The van der Waals surface area contributed by atoms with Crippen molar-refractivity contribution in [2.45, 2.75) is 38.8 Å². The molecule has 0 amide bonds. The monoisotopic (exact) mass is 250 g/mol. The molecular formula is C14H26N4. The average molecular weight is 250 g/mol. The lowest BCUT2D eigenvalue weighted by molar-refractivity contribution is 0.242. The highest BCUT2D eigenvalue weighted by molar-refractivity contribution is 4.96. The van der Waals surface area contributed by atoms with Gasteiger partial charge in [-0.1, -0.05) is 0 Å². The van der Waals surface area contributed by atoms with Gasteiger partial charge in [-0.15, -0.1) is 0 Å². The molecule has 102 valence electrons. The molecule has 2 heterocycles. The number of nitrogens with zero attached hydrogens (tertiary/aromatic N) is 4. The molecule has 0 saturated carbocycles. The van der Waals surface area contributed by atoms with Crippen LogP contribution >= 0.6 is 0 Å². The molecule has 0 bridgehead atoms. The summed E-state index contributed by atoms with van der Waals surface area (Å²) < 4.78 is 2.11. The van der Waals surface area contributed by atoms with Gasteiger partial charge in [0.1, 0.15) is 0 Å². The van der Waals surface area contributed by atoms with Crippen LogP contribution in [0.4, 0.5) is 0 Å². The summed E-state index contributed by atoms with van der Waals surface area (Å²) in [6.07, 6.45) is 5.84. The lowest BCUT2D eigenvalue weighted by Gasteiger charge is -2.23. The van der Waals surface area contributed by atoms with E-state index in [4.69, 9.17) is 0 Å². The molecule has 4 heteroatoms. The molecule has 0 spiro atoms. The van der Waals surface area contributed by atoms with Crippen molar-refractivity contribution in [3.63, 3.8) is 0 Å². The zero-order valence-corrected chi connectivity index (χ0v) is 12.0. The molecule has 1 atom stereocenters. The number of aromatic nitrogens is 2. The van der Waals surface area contributed by atoms with Gasteiger partial charge in [0.2, 0.25) is 0 Å². The third-order valence-corrected chi connectivity index (χ3v) is 4.08. The van der Waals surface area contributed by atoms with Crippen LogP contribution in [0.3, 0.4) is 0 Å². The number of hydrogen-bond acceptors (Lipinski definition) is 3. The van der Waals surface area contributed by atoms with Crippen LogP contribution in [0, 0.1) is 6.92 Å². The predicted molar refractivity (Wildman–Crippen MR) is 74.7 cm³/mol. The predicted octanol–water partition coefficient (Wildman–Crippen LogP) is 1.61. The molecule has 1 aliphatic rings. The normalized spacial score (nSPS) is 22.3. The van der Waals surface area contributed by atoms with Crippen molar-refractivity contribution in [1.82, 2.24) is 19.6 Å². The lowest BCUT2D eigenvalue weighted by Crippen LogP contribution is -2.31. The van der Waals surface area contributed by atoms with Gasteiger partial charge in [-0.3, -0.25) is 4.68 Å². The molecule has 0 unspecified atom stereocenters. The number of rotatable bonds is 4. The molecule has 0 N–H and O–H groups in total. The molecule has 2 rings (SSSR count). The minimum Gasteiger partial charge on any atom is -0.306 e. The van der Waals surface area contributed by atoms with Crippen molar-refractivity contribution >= 4 is 0 Å². The summed E-state index contributed by atoms with van der Waals surface area (Å²) >= 11 is 0. The van der Waals surface area contributed by atoms with Gasteiger partial charge in [0.15, 0.2) is 0 Å². The van der Waals surface area contributed by atoms with Crippen molar-refractivity contribution in [3.8, 4) is 0 Å². The Balaban J connectivity index is 1.79. The first kappa shape index (κ1) is 13.6. The first-order chi connectivity index (χ1) is 8.66. The van der Waals surface area contributed by atoms with Crippen LogP contribution in [0.1, 0.15) is 25.0 Å². The van der Waals surface area contributed by atoms with E-state index in [0.717, 1.165) is 19.1 Å². The van der Waals surface area contributed by atoms with Crippen LogP contribution in [0.5, 0.6) is 0 Å². The summed E-state index contributed by atoms with van der Waals surface area (Å²) in [6, 6.07) is 2.84. The largest absolute Gasteiger partial charge is 0.306 e. The Morgan fingerprint density at radius 2 is 2.11 bits per heavy atom. The Bertz CT molecular complexity index is 358. The average Bonchev–Trinajstić information content (AvgIpc) is 2.62. The Morgan fingerprint density at radius 3 is 2.78 bits per heavy atom. The topological polar surface area (TPSA) is 24.3 Å². The van der Waals surface area contributed by atoms with E-state index in [0.29, 0.717) is 0 Å². The van der Waals surface area contributed by atoms with Crippen molar-refractivity contribution < 1.29 is 0 Å². The Morgan fingerprint density at radius 1 is 1.28 bits per heavy atom.